The van der Waals surface area contributed by atoms with Crippen molar-refractivity contribution in [2.75, 3.05) is 0 Å². The van der Waals surface area contributed by atoms with Gasteiger partial charge in [0.15, 0.2) is 0 Å². The van der Waals surface area contributed by atoms with Gasteiger partial charge in [-0.25, -0.2) is 0 Å². The van der Waals surface area contributed by atoms with Crippen molar-refractivity contribution in [2.45, 2.75) is 12.1 Å². The molecule has 0 heterocycles. The summed E-state index contributed by atoms with van der Waals surface area (Å²) in [7, 11) is 0. The molecule has 0 spiro atoms. The molecule has 0 rings (SSSR count). The first-order valence-corrected chi connectivity index (χ1v) is 1.94. The lowest BCUT2D eigenvalue weighted by molar-refractivity contribution is -0.306. The molecule has 0 amide bonds. The lowest BCUT2D eigenvalue weighted by atomic mass is 10.3. The number of ketones is 1. The Kier molecular flexibility index (Phi) is 2.04. The average molecular weight is 160 g/mol. The Morgan fingerprint density at radius 3 is 1.40 bits per heavy atom. The van der Waals surface area contributed by atoms with Gasteiger partial charge in [0, 0.05) is 0 Å². The Hall–Kier alpha value is -0.660. The Morgan fingerprint density at radius 2 is 1.40 bits per heavy atom. The van der Waals surface area contributed by atoms with Crippen molar-refractivity contribution in [1.82, 2.24) is 0 Å². The quantitative estimate of drug-likeness (QED) is 0.419. The van der Waals surface area contributed by atoms with Crippen LogP contribution in [-0.4, -0.2) is 33.3 Å². The number of alkyl halides is 3. The van der Waals surface area contributed by atoms with Gasteiger partial charge in [0.25, 0.3) is 0 Å². The Morgan fingerprint density at radius 1 is 1.10 bits per heavy atom. The summed E-state index contributed by atoms with van der Waals surface area (Å²) in [5.74, 6) is -7.34. The predicted molar refractivity (Wildman–Crippen MR) is 20.4 cm³/mol. The van der Waals surface area contributed by atoms with E-state index in [9.17, 15) is 18.0 Å². The lowest BCUT2D eigenvalue weighted by Crippen LogP contribution is -2.46. The highest BCUT2D eigenvalue weighted by atomic mass is 19.4. The van der Waals surface area contributed by atoms with Crippen LogP contribution in [0.15, 0.2) is 0 Å². The molecule has 0 aliphatic carbocycles. The summed E-state index contributed by atoms with van der Waals surface area (Å²) < 4.78 is 33.3. The van der Waals surface area contributed by atoms with Gasteiger partial charge in [-0.2, -0.15) is 13.2 Å². The van der Waals surface area contributed by atoms with Gasteiger partial charge in [-0.1, -0.05) is 0 Å². The van der Waals surface area contributed by atoms with Crippen LogP contribution in [0.2, 0.25) is 0 Å². The maximum absolute atomic E-state index is 11.1. The Labute approximate surface area is 52.5 Å². The van der Waals surface area contributed by atoms with Gasteiger partial charge in [-0.15, -0.1) is 0 Å². The summed E-state index contributed by atoms with van der Waals surface area (Å²) in [5, 5.41) is 23.0. The molecule has 0 saturated heterocycles. The van der Waals surface area contributed by atoms with Crippen molar-refractivity contribution in [1.29, 1.82) is 0 Å². The SMILES string of the molecule is O=C(C(O)(O)O)C(F)(F)F. The second-order valence-electron chi connectivity index (χ2n) is 1.46. The van der Waals surface area contributed by atoms with E-state index in [-0.39, 0.29) is 0 Å². The number of carbonyl (C=O) groups excluding carboxylic acids is 1. The number of aliphatic hydroxyl groups is 3. The molecule has 3 N–H and O–H groups in total. The molecule has 4 nitrogen and oxygen atoms in total. The topological polar surface area (TPSA) is 77.8 Å². The number of hydrogen-bond donors (Lipinski definition) is 3. The van der Waals surface area contributed by atoms with Gasteiger partial charge in [0.2, 0.25) is 0 Å². The Bertz CT molecular complexity index is 127. The van der Waals surface area contributed by atoms with E-state index >= 15 is 0 Å². The summed E-state index contributed by atoms with van der Waals surface area (Å²) in [6, 6.07) is 0. The zero-order valence-electron chi connectivity index (χ0n) is 4.38. The standard InChI is InChI=1S/C3H3F3O4/c4-2(5,6)1(7)3(8,9)10/h8-10H. The van der Waals surface area contributed by atoms with Crippen molar-refractivity contribution in [3.8, 4) is 0 Å². The van der Waals surface area contributed by atoms with Crippen LogP contribution < -0.4 is 0 Å². The maximum atomic E-state index is 11.1. The van der Waals surface area contributed by atoms with Crippen LogP contribution in [0.3, 0.4) is 0 Å². The minimum absolute atomic E-state index is 3.01. The largest absolute Gasteiger partial charge is 0.458 e. The number of Topliss-reactive ketones (excluding diaryl/α,β-unsaturated/α-hetero) is 1. The van der Waals surface area contributed by atoms with Crippen molar-refractivity contribution in [2.24, 2.45) is 0 Å². The number of carbonyl (C=O) groups is 1. The molecule has 0 saturated carbocycles. The molecule has 0 fully saturated rings. The van der Waals surface area contributed by atoms with Crippen molar-refractivity contribution < 1.29 is 33.3 Å². The third-order valence-electron chi connectivity index (χ3n) is 0.562. The molecular formula is C3H3F3O4. The van der Waals surface area contributed by atoms with Crippen LogP contribution in [0.4, 0.5) is 13.2 Å². The van der Waals surface area contributed by atoms with E-state index in [4.69, 9.17) is 15.3 Å². The average Bonchev–Trinajstić information content (AvgIpc) is 1.59. The van der Waals surface area contributed by atoms with E-state index in [2.05, 4.69) is 0 Å². The zero-order chi connectivity index (χ0) is 8.58. The Balaban J connectivity index is 4.40. The zero-order valence-corrected chi connectivity index (χ0v) is 4.38. The summed E-state index contributed by atoms with van der Waals surface area (Å²) in [4.78, 5) is 9.61. The van der Waals surface area contributed by atoms with Crippen LogP contribution in [0.5, 0.6) is 0 Å². The van der Waals surface area contributed by atoms with E-state index in [0.717, 1.165) is 0 Å². The normalized spacial score (nSPS) is 13.4. The summed E-state index contributed by atoms with van der Waals surface area (Å²) in [6.45, 7) is 0. The molecule has 60 valence electrons. The fraction of sp³-hybridized carbons (Fsp3) is 0.667. The minimum Gasteiger partial charge on any atom is -0.337 e. The van der Waals surface area contributed by atoms with Crippen molar-refractivity contribution >= 4 is 5.78 Å². The minimum atomic E-state index is -5.45. The number of hydrogen-bond acceptors (Lipinski definition) is 4. The first-order chi connectivity index (χ1) is 4.15. The molecule has 0 aromatic heterocycles. The van der Waals surface area contributed by atoms with Gasteiger partial charge < -0.3 is 15.3 Å². The molecule has 0 bridgehead atoms. The van der Waals surface area contributed by atoms with E-state index in [1.54, 1.807) is 0 Å². The molecule has 0 radical (unpaired) electrons. The highest BCUT2D eigenvalue weighted by molar-refractivity contribution is 5.88. The summed E-state index contributed by atoms with van der Waals surface area (Å²) >= 11 is 0. The van der Waals surface area contributed by atoms with Gasteiger partial charge >= 0.3 is 17.9 Å². The predicted octanol–water partition coefficient (Wildman–Crippen LogP) is -1.25. The second kappa shape index (κ2) is 2.19. The smallest absolute Gasteiger partial charge is 0.337 e. The van der Waals surface area contributed by atoms with Crippen LogP contribution in [0.25, 0.3) is 0 Å². The molecular weight excluding hydrogens is 157 g/mol. The van der Waals surface area contributed by atoms with E-state index < -0.39 is 17.9 Å². The first kappa shape index (κ1) is 9.34. The fourth-order valence-corrected chi connectivity index (χ4v) is 0.190. The van der Waals surface area contributed by atoms with Gasteiger partial charge in [0.05, 0.1) is 0 Å². The third-order valence-corrected chi connectivity index (χ3v) is 0.562. The van der Waals surface area contributed by atoms with Crippen molar-refractivity contribution in [3.63, 3.8) is 0 Å². The first-order valence-electron chi connectivity index (χ1n) is 1.94. The van der Waals surface area contributed by atoms with E-state index in [0.29, 0.717) is 0 Å². The maximum Gasteiger partial charge on any atom is 0.458 e. The van der Waals surface area contributed by atoms with Gasteiger partial charge in [0.1, 0.15) is 0 Å². The highest BCUT2D eigenvalue weighted by Crippen LogP contribution is 2.20. The van der Waals surface area contributed by atoms with Crippen molar-refractivity contribution in [3.05, 3.63) is 0 Å². The van der Waals surface area contributed by atoms with Crippen LogP contribution >= 0.6 is 0 Å². The number of halogens is 3. The van der Waals surface area contributed by atoms with Crippen LogP contribution in [0, 0.1) is 0 Å². The lowest BCUT2D eigenvalue weighted by Gasteiger charge is -2.13. The van der Waals surface area contributed by atoms with Gasteiger partial charge in [-0.3, -0.25) is 4.79 Å². The highest BCUT2D eigenvalue weighted by Gasteiger charge is 2.51. The molecule has 0 atom stereocenters. The van der Waals surface area contributed by atoms with Crippen LogP contribution in [-0.2, 0) is 4.79 Å². The molecule has 10 heavy (non-hydrogen) atoms. The molecule has 0 aromatic rings. The summed E-state index contributed by atoms with van der Waals surface area (Å²) in [5.41, 5.74) is 0. The third kappa shape index (κ3) is 2.29. The molecule has 0 aliphatic rings. The molecule has 0 aromatic carbocycles. The molecule has 7 heteroatoms. The second-order valence-corrected chi connectivity index (χ2v) is 1.46. The van der Waals surface area contributed by atoms with E-state index in [1.165, 1.54) is 0 Å². The van der Waals surface area contributed by atoms with E-state index in [1.807, 2.05) is 0 Å². The molecule has 0 unspecified atom stereocenters. The van der Waals surface area contributed by atoms with Crippen LogP contribution in [0.1, 0.15) is 0 Å². The van der Waals surface area contributed by atoms with Gasteiger partial charge in [-0.05, 0) is 0 Å². The summed E-state index contributed by atoms with van der Waals surface area (Å²) in [6.07, 6.45) is -5.45. The molecule has 0 aliphatic heterocycles. The monoisotopic (exact) mass is 160 g/mol. The fourth-order valence-electron chi connectivity index (χ4n) is 0.190. The number of rotatable bonds is 1.